The van der Waals surface area contributed by atoms with Crippen molar-refractivity contribution in [2.75, 3.05) is 18.4 Å². The van der Waals surface area contributed by atoms with Crippen LogP contribution in [-0.2, 0) is 13.0 Å². The number of carbonyl (C=O) groups is 1. The topological polar surface area (TPSA) is 87.9 Å². The van der Waals surface area contributed by atoms with E-state index in [9.17, 15) is 4.79 Å². The van der Waals surface area contributed by atoms with E-state index >= 15 is 0 Å². The lowest BCUT2D eigenvalue weighted by molar-refractivity contribution is 0.0956. The van der Waals surface area contributed by atoms with Crippen molar-refractivity contribution in [2.24, 2.45) is 4.99 Å². The monoisotopic (exact) mass is 448 g/mol. The van der Waals surface area contributed by atoms with E-state index in [2.05, 4.69) is 16.0 Å². The van der Waals surface area contributed by atoms with Gasteiger partial charge in [-0.15, -0.1) is 0 Å². The molecule has 3 N–H and O–H groups in total. The number of nitrogens with zero attached hydrogens (tertiary/aromatic N) is 1. The Hall–Kier alpha value is -3.74. The Balaban J connectivity index is 1.66. The van der Waals surface area contributed by atoms with E-state index in [1.807, 2.05) is 81.4 Å². The molecular weight excluding hydrogens is 416 g/mol. The summed E-state index contributed by atoms with van der Waals surface area (Å²) in [5.41, 5.74) is 2.56. The predicted octanol–water partition coefficient (Wildman–Crippen LogP) is 4.62. The standard InChI is InChI=1S/C26H32N4O3/c1-4-27-25(31)21-9-7-20(8-10-21)18-29-26(28-16-15-23-6-5-17-32-23)30-22-11-13-24(14-12-22)33-19(2)3/h5-14,17,19H,4,15-16,18H2,1-3H3,(H,27,31)(H2,28,29,30). The van der Waals surface area contributed by atoms with Crippen LogP contribution < -0.4 is 20.7 Å². The van der Waals surface area contributed by atoms with Gasteiger partial charge in [0.25, 0.3) is 5.91 Å². The van der Waals surface area contributed by atoms with Gasteiger partial charge in [0, 0.05) is 30.8 Å². The number of benzene rings is 2. The maximum Gasteiger partial charge on any atom is 0.251 e. The van der Waals surface area contributed by atoms with Gasteiger partial charge in [0.2, 0.25) is 0 Å². The average molecular weight is 449 g/mol. The van der Waals surface area contributed by atoms with Crippen LogP contribution in [0.2, 0.25) is 0 Å². The highest BCUT2D eigenvalue weighted by Crippen LogP contribution is 2.17. The number of furan rings is 1. The Labute approximate surface area is 195 Å². The van der Waals surface area contributed by atoms with Gasteiger partial charge in [-0.3, -0.25) is 4.79 Å². The largest absolute Gasteiger partial charge is 0.491 e. The zero-order chi connectivity index (χ0) is 23.5. The first-order chi connectivity index (χ1) is 16.0. The SMILES string of the molecule is CCNC(=O)c1ccc(CN=C(NCCc2ccco2)Nc2ccc(OC(C)C)cc2)cc1. The number of ether oxygens (including phenoxy) is 1. The second-order valence-electron chi connectivity index (χ2n) is 7.79. The number of aliphatic imine (C=N–C) groups is 1. The molecule has 7 heteroatoms. The van der Waals surface area contributed by atoms with E-state index in [1.54, 1.807) is 6.26 Å². The summed E-state index contributed by atoms with van der Waals surface area (Å²) < 4.78 is 11.1. The molecule has 0 spiro atoms. The minimum Gasteiger partial charge on any atom is -0.491 e. The maximum atomic E-state index is 11.9. The molecule has 0 atom stereocenters. The van der Waals surface area contributed by atoms with Crippen molar-refractivity contribution in [3.05, 3.63) is 83.8 Å². The number of anilines is 1. The summed E-state index contributed by atoms with van der Waals surface area (Å²) in [7, 11) is 0. The molecule has 0 radical (unpaired) electrons. The van der Waals surface area contributed by atoms with Crippen LogP contribution in [-0.4, -0.2) is 31.1 Å². The highest BCUT2D eigenvalue weighted by atomic mass is 16.5. The maximum absolute atomic E-state index is 11.9. The molecule has 0 aliphatic carbocycles. The second-order valence-corrected chi connectivity index (χ2v) is 7.79. The van der Waals surface area contributed by atoms with Gasteiger partial charge in [-0.25, -0.2) is 4.99 Å². The van der Waals surface area contributed by atoms with Gasteiger partial charge in [-0.05, 0) is 74.9 Å². The van der Waals surface area contributed by atoms with Crippen molar-refractivity contribution < 1.29 is 13.9 Å². The molecular formula is C26H32N4O3. The van der Waals surface area contributed by atoms with Gasteiger partial charge < -0.3 is 25.1 Å². The number of hydrogen-bond donors (Lipinski definition) is 3. The molecule has 7 nitrogen and oxygen atoms in total. The molecule has 1 aromatic heterocycles. The summed E-state index contributed by atoms with van der Waals surface area (Å²) in [6.45, 7) is 7.66. The molecule has 3 rings (SSSR count). The van der Waals surface area contributed by atoms with Gasteiger partial charge in [0.1, 0.15) is 11.5 Å². The predicted molar refractivity (Wildman–Crippen MR) is 132 cm³/mol. The van der Waals surface area contributed by atoms with Crippen molar-refractivity contribution in [1.29, 1.82) is 0 Å². The third-order valence-corrected chi connectivity index (χ3v) is 4.71. The zero-order valence-electron chi connectivity index (χ0n) is 19.4. The van der Waals surface area contributed by atoms with Crippen LogP contribution in [0.5, 0.6) is 5.75 Å². The molecule has 0 bridgehead atoms. The minimum absolute atomic E-state index is 0.0700. The lowest BCUT2D eigenvalue weighted by atomic mass is 10.1. The Morgan fingerprint density at radius 3 is 2.42 bits per heavy atom. The number of amides is 1. The molecule has 0 unspecified atom stereocenters. The van der Waals surface area contributed by atoms with Crippen LogP contribution >= 0.6 is 0 Å². The van der Waals surface area contributed by atoms with Crippen LogP contribution in [0.4, 0.5) is 5.69 Å². The minimum atomic E-state index is -0.0700. The Morgan fingerprint density at radius 1 is 1.03 bits per heavy atom. The normalized spacial score (nSPS) is 11.3. The Kier molecular flexibility index (Phi) is 8.94. The molecule has 1 amide bonds. The van der Waals surface area contributed by atoms with Crippen molar-refractivity contribution >= 4 is 17.6 Å². The smallest absolute Gasteiger partial charge is 0.251 e. The lowest BCUT2D eigenvalue weighted by Gasteiger charge is -2.14. The van der Waals surface area contributed by atoms with E-state index in [1.165, 1.54) is 0 Å². The highest BCUT2D eigenvalue weighted by molar-refractivity contribution is 5.94. The number of rotatable bonds is 10. The molecule has 0 saturated heterocycles. The van der Waals surface area contributed by atoms with Crippen LogP contribution in [0.15, 0.2) is 76.3 Å². The molecule has 1 heterocycles. The molecule has 0 saturated carbocycles. The average Bonchev–Trinajstić information content (AvgIpc) is 3.32. The van der Waals surface area contributed by atoms with Crippen molar-refractivity contribution in [3.63, 3.8) is 0 Å². The quantitative estimate of drug-likeness (QED) is 0.311. The summed E-state index contributed by atoms with van der Waals surface area (Å²) in [4.78, 5) is 16.7. The lowest BCUT2D eigenvalue weighted by Crippen LogP contribution is -2.32. The third kappa shape index (κ3) is 8.03. The van der Waals surface area contributed by atoms with E-state index in [4.69, 9.17) is 14.1 Å². The number of hydrogen-bond acceptors (Lipinski definition) is 4. The van der Waals surface area contributed by atoms with Gasteiger partial charge >= 0.3 is 0 Å². The van der Waals surface area contributed by atoms with Crippen LogP contribution in [0.3, 0.4) is 0 Å². The first kappa shape index (κ1) is 23.9. The van der Waals surface area contributed by atoms with Crippen molar-refractivity contribution in [3.8, 4) is 5.75 Å². The van der Waals surface area contributed by atoms with Gasteiger partial charge in [0.15, 0.2) is 5.96 Å². The van der Waals surface area contributed by atoms with E-state index < -0.39 is 0 Å². The van der Waals surface area contributed by atoms with Crippen LogP contribution in [0.25, 0.3) is 0 Å². The Bertz CT molecular complexity index is 1010. The van der Waals surface area contributed by atoms with E-state index in [0.717, 1.165) is 29.2 Å². The fraction of sp³-hybridized carbons (Fsp3) is 0.308. The molecule has 0 aliphatic rings. The van der Waals surface area contributed by atoms with Crippen molar-refractivity contribution in [1.82, 2.24) is 10.6 Å². The molecule has 2 aromatic carbocycles. The number of guanidine groups is 1. The number of carbonyl (C=O) groups excluding carboxylic acids is 1. The summed E-state index contributed by atoms with van der Waals surface area (Å²) >= 11 is 0. The second kappa shape index (κ2) is 12.3. The summed E-state index contributed by atoms with van der Waals surface area (Å²) in [6.07, 6.45) is 2.55. The third-order valence-electron chi connectivity index (χ3n) is 4.71. The van der Waals surface area contributed by atoms with E-state index in [-0.39, 0.29) is 12.0 Å². The van der Waals surface area contributed by atoms with Crippen LogP contribution in [0.1, 0.15) is 42.5 Å². The first-order valence-corrected chi connectivity index (χ1v) is 11.2. The summed E-state index contributed by atoms with van der Waals surface area (Å²) in [5.74, 6) is 2.33. The summed E-state index contributed by atoms with van der Waals surface area (Å²) in [6, 6.07) is 19.1. The molecule has 3 aromatic rings. The fourth-order valence-electron chi connectivity index (χ4n) is 3.12. The van der Waals surface area contributed by atoms with Crippen molar-refractivity contribution in [2.45, 2.75) is 39.8 Å². The van der Waals surface area contributed by atoms with Crippen LogP contribution in [0, 0.1) is 0 Å². The molecule has 0 fully saturated rings. The zero-order valence-corrected chi connectivity index (χ0v) is 19.4. The van der Waals surface area contributed by atoms with E-state index in [0.29, 0.717) is 31.2 Å². The molecule has 0 aliphatic heterocycles. The van der Waals surface area contributed by atoms with Gasteiger partial charge in [0.05, 0.1) is 18.9 Å². The Morgan fingerprint density at radius 2 is 1.79 bits per heavy atom. The van der Waals surface area contributed by atoms with Gasteiger partial charge in [-0.1, -0.05) is 12.1 Å². The highest BCUT2D eigenvalue weighted by Gasteiger charge is 2.06. The first-order valence-electron chi connectivity index (χ1n) is 11.2. The summed E-state index contributed by atoms with van der Waals surface area (Å²) in [5, 5.41) is 9.50. The number of nitrogens with one attached hydrogen (secondary N) is 3. The van der Waals surface area contributed by atoms with Gasteiger partial charge in [-0.2, -0.15) is 0 Å². The fourth-order valence-corrected chi connectivity index (χ4v) is 3.12. The molecule has 33 heavy (non-hydrogen) atoms. The molecule has 174 valence electrons.